The van der Waals surface area contributed by atoms with Crippen LogP contribution in [0, 0.1) is 12.3 Å². The van der Waals surface area contributed by atoms with Crippen molar-refractivity contribution in [2.45, 2.75) is 32.2 Å². The van der Waals surface area contributed by atoms with Crippen LogP contribution in [0.2, 0.25) is 0 Å². The minimum absolute atomic E-state index is 0.0180. The second-order valence-electron chi connectivity index (χ2n) is 6.31. The molecule has 2 aliphatic rings. The van der Waals surface area contributed by atoms with E-state index in [1.54, 1.807) is 6.07 Å². The quantitative estimate of drug-likeness (QED) is 0.851. The number of likely N-dealkylation sites (tertiary alicyclic amines) is 1. The number of piperidine rings is 2. The lowest BCUT2D eigenvalue weighted by Gasteiger charge is -2.50. The molecule has 0 aliphatic carbocycles. The van der Waals surface area contributed by atoms with Gasteiger partial charge in [-0.15, -0.1) is 0 Å². The van der Waals surface area contributed by atoms with Crippen molar-refractivity contribution >= 4 is 5.91 Å². The normalized spacial score (nSPS) is 29.0. The zero-order valence-corrected chi connectivity index (χ0v) is 12.5. The molecule has 1 aromatic rings. The van der Waals surface area contributed by atoms with Crippen molar-refractivity contribution in [1.29, 1.82) is 0 Å². The molecule has 0 unspecified atom stereocenters. The molecule has 0 bridgehead atoms. The van der Waals surface area contributed by atoms with Gasteiger partial charge in [0.05, 0.1) is 6.61 Å². The fourth-order valence-corrected chi connectivity index (χ4v) is 3.69. The van der Waals surface area contributed by atoms with Gasteiger partial charge in [0, 0.05) is 30.2 Å². The van der Waals surface area contributed by atoms with Crippen LogP contribution in [0.15, 0.2) is 18.2 Å². The Morgan fingerprint density at radius 1 is 1.57 bits per heavy atom. The second kappa shape index (κ2) is 5.73. The van der Waals surface area contributed by atoms with Gasteiger partial charge in [-0.3, -0.25) is 4.79 Å². The van der Waals surface area contributed by atoms with Gasteiger partial charge in [0.15, 0.2) is 0 Å². The molecular formula is C16H23N3O2. The van der Waals surface area contributed by atoms with E-state index in [2.05, 4.69) is 10.3 Å². The standard InChI is InChI=1S/C16H23N3O2/c1-12-4-2-5-13(18-12)15(21)19-9-6-14-16(10-19,11-20)7-3-8-17-14/h2,4-5,14,17,20H,3,6-11H2,1H3/t14-,16-/m1/s1. The first-order valence-electron chi connectivity index (χ1n) is 7.72. The first kappa shape index (κ1) is 14.5. The average Bonchev–Trinajstić information content (AvgIpc) is 2.53. The van der Waals surface area contributed by atoms with Crippen molar-refractivity contribution < 1.29 is 9.90 Å². The molecule has 3 rings (SSSR count). The molecule has 3 heterocycles. The van der Waals surface area contributed by atoms with Crippen LogP contribution in [0.5, 0.6) is 0 Å². The van der Waals surface area contributed by atoms with Crippen LogP contribution in [0.1, 0.15) is 35.4 Å². The summed E-state index contributed by atoms with van der Waals surface area (Å²) in [6, 6.07) is 5.85. The Balaban J connectivity index is 1.79. The van der Waals surface area contributed by atoms with Crippen molar-refractivity contribution in [3.63, 3.8) is 0 Å². The number of carbonyl (C=O) groups is 1. The highest BCUT2D eigenvalue weighted by molar-refractivity contribution is 5.92. The van der Waals surface area contributed by atoms with E-state index in [0.29, 0.717) is 18.3 Å². The molecule has 5 nitrogen and oxygen atoms in total. The third-order valence-electron chi connectivity index (χ3n) is 4.88. The van der Waals surface area contributed by atoms with Gasteiger partial charge in [-0.1, -0.05) is 6.07 Å². The Labute approximate surface area is 125 Å². The number of fused-ring (bicyclic) bond motifs is 1. The Bertz CT molecular complexity index is 534. The third kappa shape index (κ3) is 2.68. The van der Waals surface area contributed by atoms with Crippen LogP contribution in [-0.2, 0) is 0 Å². The number of aliphatic hydroxyl groups excluding tert-OH is 1. The summed E-state index contributed by atoms with van der Waals surface area (Å²) in [6.07, 6.45) is 2.94. The number of aryl methyl sites for hydroxylation is 1. The van der Waals surface area contributed by atoms with Gasteiger partial charge in [0.2, 0.25) is 0 Å². The topological polar surface area (TPSA) is 65.5 Å². The molecule has 1 aromatic heterocycles. The molecular weight excluding hydrogens is 266 g/mol. The Morgan fingerprint density at radius 2 is 2.43 bits per heavy atom. The van der Waals surface area contributed by atoms with Crippen LogP contribution < -0.4 is 5.32 Å². The number of aliphatic hydroxyl groups is 1. The number of rotatable bonds is 2. The van der Waals surface area contributed by atoms with Gasteiger partial charge in [0.1, 0.15) is 5.69 Å². The molecule has 0 saturated carbocycles. The zero-order valence-electron chi connectivity index (χ0n) is 12.5. The van der Waals surface area contributed by atoms with E-state index in [0.717, 1.165) is 38.0 Å². The van der Waals surface area contributed by atoms with Crippen molar-refractivity contribution in [2.75, 3.05) is 26.2 Å². The molecule has 2 N–H and O–H groups in total. The van der Waals surface area contributed by atoms with Gasteiger partial charge in [-0.25, -0.2) is 4.98 Å². The summed E-state index contributed by atoms with van der Waals surface area (Å²) >= 11 is 0. The Kier molecular flexibility index (Phi) is 3.95. The van der Waals surface area contributed by atoms with Crippen LogP contribution >= 0.6 is 0 Å². The summed E-state index contributed by atoms with van der Waals surface area (Å²) in [7, 11) is 0. The van der Waals surface area contributed by atoms with Gasteiger partial charge >= 0.3 is 0 Å². The molecule has 2 saturated heterocycles. The zero-order chi connectivity index (χ0) is 14.9. The molecule has 1 amide bonds. The first-order chi connectivity index (χ1) is 10.1. The van der Waals surface area contributed by atoms with Crippen molar-refractivity contribution in [3.8, 4) is 0 Å². The van der Waals surface area contributed by atoms with E-state index < -0.39 is 0 Å². The first-order valence-corrected chi connectivity index (χ1v) is 7.72. The van der Waals surface area contributed by atoms with Crippen molar-refractivity contribution in [2.24, 2.45) is 5.41 Å². The lowest BCUT2D eigenvalue weighted by Crippen LogP contribution is -2.62. The number of nitrogens with zero attached hydrogens (tertiary/aromatic N) is 2. The molecule has 0 radical (unpaired) electrons. The summed E-state index contributed by atoms with van der Waals surface area (Å²) in [5.74, 6) is -0.0180. The molecule has 2 atom stereocenters. The van der Waals surface area contributed by atoms with Crippen LogP contribution in [0.4, 0.5) is 0 Å². The number of nitrogens with one attached hydrogen (secondary N) is 1. The minimum Gasteiger partial charge on any atom is -0.396 e. The van der Waals surface area contributed by atoms with E-state index in [4.69, 9.17) is 0 Å². The fraction of sp³-hybridized carbons (Fsp3) is 0.625. The third-order valence-corrected chi connectivity index (χ3v) is 4.88. The highest BCUT2D eigenvalue weighted by Crippen LogP contribution is 2.37. The van der Waals surface area contributed by atoms with Gasteiger partial charge in [-0.2, -0.15) is 0 Å². The average molecular weight is 289 g/mol. The summed E-state index contributed by atoms with van der Waals surface area (Å²) in [6.45, 7) is 4.39. The number of hydrogen-bond acceptors (Lipinski definition) is 4. The molecule has 114 valence electrons. The predicted octanol–water partition coefficient (Wildman–Crippen LogP) is 0.967. The van der Waals surface area contributed by atoms with E-state index in [1.165, 1.54) is 0 Å². The van der Waals surface area contributed by atoms with E-state index >= 15 is 0 Å². The maximum Gasteiger partial charge on any atom is 0.272 e. The summed E-state index contributed by atoms with van der Waals surface area (Å²) in [4.78, 5) is 18.8. The number of carbonyl (C=O) groups excluding carboxylic acids is 1. The Morgan fingerprint density at radius 3 is 3.19 bits per heavy atom. The van der Waals surface area contributed by atoms with Crippen LogP contribution in [0.3, 0.4) is 0 Å². The van der Waals surface area contributed by atoms with Gasteiger partial charge in [0.25, 0.3) is 5.91 Å². The smallest absolute Gasteiger partial charge is 0.272 e. The number of amides is 1. The summed E-state index contributed by atoms with van der Waals surface area (Å²) in [5, 5.41) is 13.4. The lowest BCUT2D eigenvalue weighted by molar-refractivity contribution is -0.0139. The maximum atomic E-state index is 12.6. The van der Waals surface area contributed by atoms with Gasteiger partial charge < -0.3 is 15.3 Å². The molecule has 0 spiro atoms. The van der Waals surface area contributed by atoms with E-state index in [9.17, 15) is 9.90 Å². The van der Waals surface area contributed by atoms with E-state index in [1.807, 2.05) is 24.0 Å². The van der Waals surface area contributed by atoms with E-state index in [-0.39, 0.29) is 17.9 Å². The summed E-state index contributed by atoms with van der Waals surface area (Å²) < 4.78 is 0. The molecule has 5 heteroatoms. The van der Waals surface area contributed by atoms with Crippen molar-refractivity contribution in [1.82, 2.24) is 15.2 Å². The fourth-order valence-electron chi connectivity index (χ4n) is 3.69. The predicted molar refractivity (Wildman–Crippen MR) is 80.0 cm³/mol. The largest absolute Gasteiger partial charge is 0.396 e. The molecule has 0 aromatic carbocycles. The lowest BCUT2D eigenvalue weighted by atomic mass is 9.70. The monoisotopic (exact) mass is 289 g/mol. The number of pyridine rings is 1. The SMILES string of the molecule is Cc1cccc(C(=O)N2CC[C@H]3NCCC[C@]3(CO)C2)n1. The van der Waals surface area contributed by atoms with Gasteiger partial charge in [-0.05, 0) is 44.9 Å². The van der Waals surface area contributed by atoms with Crippen molar-refractivity contribution in [3.05, 3.63) is 29.6 Å². The molecule has 2 aliphatic heterocycles. The highest BCUT2D eigenvalue weighted by atomic mass is 16.3. The minimum atomic E-state index is -0.185. The maximum absolute atomic E-state index is 12.6. The highest BCUT2D eigenvalue weighted by Gasteiger charge is 2.45. The Hall–Kier alpha value is -1.46. The molecule has 2 fully saturated rings. The van der Waals surface area contributed by atoms with Crippen LogP contribution in [-0.4, -0.2) is 53.2 Å². The number of hydrogen-bond donors (Lipinski definition) is 2. The summed E-state index contributed by atoms with van der Waals surface area (Å²) in [5.41, 5.74) is 1.17. The second-order valence-corrected chi connectivity index (χ2v) is 6.31. The number of aromatic nitrogens is 1. The molecule has 21 heavy (non-hydrogen) atoms. The van der Waals surface area contributed by atoms with Crippen LogP contribution in [0.25, 0.3) is 0 Å².